The molecule has 1 aromatic rings. The van der Waals surface area contributed by atoms with Crippen molar-refractivity contribution >= 4 is 11.9 Å². The zero-order valence-electron chi connectivity index (χ0n) is 6.76. The van der Waals surface area contributed by atoms with E-state index in [0.29, 0.717) is 0 Å². The molecule has 0 fully saturated rings. The minimum Gasteiger partial charge on any atom is -0.478 e. The lowest BCUT2D eigenvalue weighted by atomic mass is 10.1. The molecule has 0 saturated carbocycles. The smallest absolute Gasteiger partial charge is 0.338 e. The number of rotatable bonds is 2. The molecule has 0 unspecified atom stereocenters. The van der Waals surface area contributed by atoms with E-state index < -0.39 is 23.1 Å². The number of carbonyl (C=O) groups is 2. The van der Waals surface area contributed by atoms with Gasteiger partial charge in [-0.2, -0.15) is 5.26 Å². The van der Waals surface area contributed by atoms with Gasteiger partial charge in [0.15, 0.2) is 0 Å². The van der Waals surface area contributed by atoms with E-state index in [1.807, 2.05) is 0 Å². The molecule has 2 N–H and O–H groups in total. The molecule has 70 valence electrons. The van der Waals surface area contributed by atoms with E-state index in [1.165, 1.54) is 0 Å². The van der Waals surface area contributed by atoms with Crippen molar-refractivity contribution in [1.82, 2.24) is 4.98 Å². The highest BCUT2D eigenvalue weighted by Gasteiger charge is 2.16. The summed E-state index contributed by atoms with van der Waals surface area (Å²) in [6, 6.07) is 2.54. The molecule has 0 aliphatic heterocycles. The van der Waals surface area contributed by atoms with Gasteiger partial charge in [-0.05, 0) is 6.07 Å². The Labute approximate surface area is 78.0 Å². The normalized spacial score (nSPS) is 9.07. The second-order valence-corrected chi connectivity index (χ2v) is 2.34. The van der Waals surface area contributed by atoms with Crippen LogP contribution >= 0.6 is 0 Å². The Morgan fingerprint density at radius 3 is 2.29 bits per heavy atom. The lowest BCUT2D eigenvalue weighted by molar-refractivity contribution is 0.0651. The van der Waals surface area contributed by atoms with Crippen LogP contribution in [-0.4, -0.2) is 27.1 Å². The summed E-state index contributed by atoms with van der Waals surface area (Å²) in [7, 11) is 0. The molecule has 0 bridgehead atoms. The maximum Gasteiger partial charge on any atom is 0.338 e. The monoisotopic (exact) mass is 192 g/mol. The third-order valence-corrected chi connectivity index (χ3v) is 1.48. The van der Waals surface area contributed by atoms with Crippen molar-refractivity contribution in [3.63, 3.8) is 0 Å². The summed E-state index contributed by atoms with van der Waals surface area (Å²) in [5.41, 5.74) is -1.01. The van der Waals surface area contributed by atoms with Gasteiger partial charge in [0.05, 0.1) is 11.1 Å². The average Bonchev–Trinajstić information content (AvgIpc) is 2.16. The van der Waals surface area contributed by atoms with Gasteiger partial charge < -0.3 is 10.2 Å². The molecular weight excluding hydrogens is 188 g/mol. The van der Waals surface area contributed by atoms with Gasteiger partial charge in [-0.1, -0.05) is 0 Å². The van der Waals surface area contributed by atoms with E-state index in [-0.39, 0.29) is 5.69 Å². The lowest BCUT2D eigenvalue weighted by Gasteiger charge is -1.99. The fourth-order valence-electron chi connectivity index (χ4n) is 0.864. The summed E-state index contributed by atoms with van der Waals surface area (Å²) in [6.45, 7) is 0. The molecule has 0 radical (unpaired) electrons. The van der Waals surface area contributed by atoms with E-state index >= 15 is 0 Å². The molecule has 1 heterocycles. The largest absolute Gasteiger partial charge is 0.478 e. The molecule has 1 aromatic heterocycles. The minimum atomic E-state index is -1.40. The van der Waals surface area contributed by atoms with Gasteiger partial charge >= 0.3 is 11.9 Å². The predicted octanol–water partition coefficient (Wildman–Crippen LogP) is 0.350. The SMILES string of the molecule is N#Cc1cc(C(=O)O)c(C(=O)O)cn1. The van der Waals surface area contributed by atoms with Crippen LogP contribution in [-0.2, 0) is 0 Å². The van der Waals surface area contributed by atoms with E-state index in [1.54, 1.807) is 6.07 Å². The van der Waals surface area contributed by atoms with Gasteiger partial charge in [-0.15, -0.1) is 0 Å². The number of carboxylic acid groups (broad SMARTS) is 2. The number of hydrogen-bond donors (Lipinski definition) is 2. The summed E-state index contributed by atoms with van der Waals surface area (Å²) in [5, 5.41) is 25.6. The minimum absolute atomic E-state index is 0.132. The number of nitrogens with zero attached hydrogens (tertiary/aromatic N) is 2. The number of carboxylic acids is 2. The summed E-state index contributed by atoms with van der Waals surface area (Å²) in [6.07, 6.45) is 0.852. The molecule has 1 rings (SSSR count). The van der Waals surface area contributed by atoms with Crippen LogP contribution in [0.1, 0.15) is 26.4 Å². The fraction of sp³-hybridized carbons (Fsp3) is 0. The molecule has 0 saturated heterocycles. The molecule has 0 spiro atoms. The number of aromatic carboxylic acids is 2. The van der Waals surface area contributed by atoms with Crippen LogP contribution in [0.25, 0.3) is 0 Å². The van der Waals surface area contributed by atoms with Crippen LogP contribution in [0.15, 0.2) is 12.3 Å². The third kappa shape index (κ3) is 1.67. The van der Waals surface area contributed by atoms with Crippen molar-refractivity contribution in [2.24, 2.45) is 0 Å². The Morgan fingerprint density at radius 2 is 1.86 bits per heavy atom. The zero-order valence-corrected chi connectivity index (χ0v) is 6.76. The first-order valence-electron chi connectivity index (χ1n) is 3.43. The summed E-state index contributed by atoms with van der Waals surface area (Å²) < 4.78 is 0. The second kappa shape index (κ2) is 3.53. The van der Waals surface area contributed by atoms with Crippen molar-refractivity contribution in [2.45, 2.75) is 0 Å². The van der Waals surface area contributed by atoms with Crippen molar-refractivity contribution in [3.8, 4) is 6.07 Å². The van der Waals surface area contributed by atoms with Crippen LogP contribution in [0.2, 0.25) is 0 Å². The van der Waals surface area contributed by atoms with Gasteiger partial charge in [-0.25, -0.2) is 14.6 Å². The summed E-state index contributed by atoms with van der Waals surface area (Å²) >= 11 is 0. The van der Waals surface area contributed by atoms with Gasteiger partial charge in [0, 0.05) is 6.20 Å². The zero-order chi connectivity index (χ0) is 10.7. The van der Waals surface area contributed by atoms with Gasteiger partial charge in [0.2, 0.25) is 0 Å². The van der Waals surface area contributed by atoms with E-state index in [2.05, 4.69) is 4.98 Å². The molecule has 6 nitrogen and oxygen atoms in total. The van der Waals surface area contributed by atoms with Crippen LogP contribution < -0.4 is 0 Å². The Bertz CT molecular complexity index is 447. The molecule has 0 aliphatic rings. The molecule has 0 aromatic carbocycles. The summed E-state index contributed by atoms with van der Waals surface area (Å²) in [5.74, 6) is -2.79. The average molecular weight is 192 g/mol. The van der Waals surface area contributed by atoms with Crippen molar-refractivity contribution in [2.75, 3.05) is 0 Å². The first-order chi connectivity index (χ1) is 6.56. The Balaban J connectivity index is 3.40. The number of hydrogen-bond acceptors (Lipinski definition) is 4. The fourth-order valence-corrected chi connectivity index (χ4v) is 0.864. The van der Waals surface area contributed by atoms with Crippen LogP contribution in [0.5, 0.6) is 0 Å². The lowest BCUT2D eigenvalue weighted by Crippen LogP contribution is -2.09. The number of nitriles is 1. The van der Waals surface area contributed by atoms with E-state index in [4.69, 9.17) is 15.5 Å². The highest BCUT2D eigenvalue weighted by Crippen LogP contribution is 2.09. The van der Waals surface area contributed by atoms with Gasteiger partial charge in [0.1, 0.15) is 11.8 Å². The second-order valence-electron chi connectivity index (χ2n) is 2.34. The van der Waals surface area contributed by atoms with Gasteiger partial charge in [-0.3, -0.25) is 0 Å². The maximum atomic E-state index is 10.6. The first kappa shape index (κ1) is 9.67. The number of aromatic nitrogens is 1. The van der Waals surface area contributed by atoms with Crippen molar-refractivity contribution < 1.29 is 19.8 Å². The van der Waals surface area contributed by atoms with Crippen molar-refractivity contribution in [3.05, 3.63) is 29.1 Å². The van der Waals surface area contributed by atoms with E-state index in [9.17, 15) is 9.59 Å². The van der Waals surface area contributed by atoms with Crippen molar-refractivity contribution in [1.29, 1.82) is 5.26 Å². The summed E-state index contributed by atoms with van der Waals surface area (Å²) in [4.78, 5) is 24.6. The maximum absolute atomic E-state index is 10.6. The Morgan fingerprint density at radius 1 is 1.29 bits per heavy atom. The first-order valence-corrected chi connectivity index (χ1v) is 3.43. The van der Waals surface area contributed by atoms with Crippen LogP contribution in [0.3, 0.4) is 0 Å². The van der Waals surface area contributed by atoms with E-state index in [0.717, 1.165) is 12.3 Å². The molecule has 6 heteroatoms. The molecule has 14 heavy (non-hydrogen) atoms. The molecule has 0 atom stereocenters. The molecular formula is C8H4N2O4. The van der Waals surface area contributed by atoms with Gasteiger partial charge in [0.25, 0.3) is 0 Å². The molecule has 0 aliphatic carbocycles. The topological polar surface area (TPSA) is 111 Å². The predicted molar refractivity (Wildman–Crippen MR) is 42.9 cm³/mol. The highest BCUT2D eigenvalue weighted by atomic mass is 16.4. The quantitative estimate of drug-likeness (QED) is 0.699. The Hall–Kier alpha value is -2.42. The highest BCUT2D eigenvalue weighted by molar-refractivity contribution is 6.01. The Kier molecular flexibility index (Phi) is 2.44. The van der Waals surface area contributed by atoms with Crippen LogP contribution in [0.4, 0.5) is 0 Å². The number of pyridine rings is 1. The molecule has 0 amide bonds. The third-order valence-electron chi connectivity index (χ3n) is 1.48. The standard InChI is InChI=1S/C8H4N2O4/c9-2-4-1-5(7(11)12)6(3-10-4)8(13)14/h1,3H,(H,11,12)(H,13,14). The van der Waals surface area contributed by atoms with Crippen LogP contribution in [0, 0.1) is 11.3 Å².